The smallest absolute Gasteiger partial charge is 0.243 e. The molecule has 2 aromatic carbocycles. The third-order valence-corrected chi connectivity index (χ3v) is 9.22. The fourth-order valence-corrected chi connectivity index (χ4v) is 6.79. The van der Waals surface area contributed by atoms with Crippen LogP contribution in [-0.4, -0.2) is 63.3 Å². The Labute approximate surface area is 194 Å². The van der Waals surface area contributed by atoms with Gasteiger partial charge in [-0.3, -0.25) is 4.79 Å². The van der Waals surface area contributed by atoms with Gasteiger partial charge in [0.25, 0.3) is 0 Å². The van der Waals surface area contributed by atoms with Gasteiger partial charge in [0.1, 0.15) is 0 Å². The molecule has 2 aliphatic heterocycles. The maximum atomic E-state index is 13.2. The average molecular weight is 476 g/mol. The van der Waals surface area contributed by atoms with E-state index in [1.54, 1.807) is 30.0 Å². The third kappa shape index (κ3) is 4.66. The van der Waals surface area contributed by atoms with E-state index < -0.39 is 10.0 Å². The molecule has 2 aromatic rings. The molecule has 0 unspecified atom stereocenters. The van der Waals surface area contributed by atoms with E-state index in [9.17, 15) is 13.2 Å². The van der Waals surface area contributed by atoms with Crippen LogP contribution in [-0.2, 0) is 26.0 Å². The number of amides is 1. The molecule has 0 aromatic heterocycles. The largest absolute Gasteiger partial charge is 0.378 e. The number of nitrogens with zero attached hydrogens (tertiary/aromatic N) is 2. The molecule has 1 fully saturated rings. The van der Waals surface area contributed by atoms with Gasteiger partial charge in [0.15, 0.2) is 0 Å². The van der Waals surface area contributed by atoms with Crippen molar-refractivity contribution in [3.63, 3.8) is 0 Å². The van der Waals surface area contributed by atoms with E-state index in [4.69, 9.17) is 4.74 Å². The van der Waals surface area contributed by atoms with Gasteiger partial charge in [-0.05, 0) is 36.2 Å². The quantitative estimate of drug-likeness (QED) is 0.663. The molecule has 9 heteroatoms. The average Bonchev–Trinajstić information content (AvgIpc) is 3.25. The lowest BCUT2D eigenvalue weighted by atomic mass is 10.1. The number of sulfonamides is 1. The highest BCUT2D eigenvalue weighted by Crippen LogP contribution is 2.38. The van der Waals surface area contributed by atoms with Crippen LogP contribution in [0.2, 0.25) is 0 Å². The van der Waals surface area contributed by atoms with Gasteiger partial charge in [-0.25, -0.2) is 8.42 Å². The number of anilines is 2. The van der Waals surface area contributed by atoms with Crippen molar-refractivity contribution in [2.75, 3.05) is 49.6 Å². The second-order valence-corrected chi connectivity index (χ2v) is 11.0. The van der Waals surface area contributed by atoms with E-state index in [1.807, 2.05) is 38.1 Å². The molecule has 7 nitrogen and oxygen atoms in total. The van der Waals surface area contributed by atoms with Crippen molar-refractivity contribution in [1.82, 2.24) is 4.31 Å². The molecule has 0 saturated carbocycles. The lowest BCUT2D eigenvalue weighted by molar-refractivity contribution is -0.115. The summed E-state index contributed by atoms with van der Waals surface area (Å²) in [4.78, 5) is 16.6. The molecule has 4 rings (SSSR count). The number of rotatable bonds is 7. The van der Waals surface area contributed by atoms with Crippen molar-refractivity contribution in [3.8, 4) is 0 Å². The molecule has 2 heterocycles. The second kappa shape index (κ2) is 9.82. The van der Waals surface area contributed by atoms with Crippen LogP contribution in [0.3, 0.4) is 0 Å². The van der Waals surface area contributed by atoms with Crippen LogP contribution in [0.25, 0.3) is 0 Å². The zero-order valence-corrected chi connectivity index (χ0v) is 20.0. The Morgan fingerprint density at radius 3 is 2.56 bits per heavy atom. The van der Waals surface area contributed by atoms with E-state index in [0.29, 0.717) is 51.5 Å². The minimum atomic E-state index is -3.64. The number of carbonyl (C=O) groups excluding carboxylic acids is 1. The van der Waals surface area contributed by atoms with Crippen molar-refractivity contribution in [1.29, 1.82) is 0 Å². The van der Waals surface area contributed by atoms with Crippen LogP contribution >= 0.6 is 11.8 Å². The summed E-state index contributed by atoms with van der Waals surface area (Å²) < 4.78 is 33.1. The summed E-state index contributed by atoms with van der Waals surface area (Å²) in [7, 11) is -3.64. The molecule has 1 amide bonds. The van der Waals surface area contributed by atoms with Crippen LogP contribution in [0.1, 0.15) is 19.4 Å². The standard InChI is InChI=1S/C23H29N3O4S2/c1-3-26(4-2)32(28,29)18-9-10-20(25-11-13-30-14-12-25)19(16-18)24-23(27)22-15-17-7-5-6-8-21(17)31-22/h5-10,16,22H,3-4,11-15H2,1-2H3,(H,24,27)/t22-/m1/s1. The number of hydrogen-bond acceptors (Lipinski definition) is 6. The molecular weight excluding hydrogens is 446 g/mol. The predicted molar refractivity (Wildman–Crippen MR) is 128 cm³/mol. The first-order chi connectivity index (χ1) is 15.4. The zero-order valence-electron chi connectivity index (χ0n) is 18.4. The highest BCUT2D eigenvalue weighted by atomic mass is 32.2. The monoisotopic (exact) mass is 475 g/mol. The van der Waals surface area contributed by atoms with Crippen LogP contribution in [0.4, 0.5) is 11.4 Å². The number of nitrogens with one attached hydrogen (secondary N) is 1. The summed E-state index contributed by atoms with van der Waals surface area (Å²) in [6.45, 7) is 7.00. The number of ether oxygens (including phenoxy) is 1. The molecule has 32 heavy (non-hydrogen) atoms. The molecule has 0 bridgehead atoms. The van der Waals surface area contributed by atoms with Crippen LogP contribution < -0.4 is 10.2 Å². The number of hydrogen-bond donors (Lipinski definition) is 1. The number of thioether (sulfide) groups is 1. The molecule has 172 valence electrons. The first-order valence-corrected chi connectivity index (χ1v) is 13.3. The predicted octanol–water partition coefficient (Wildman–Crippen LogP) is 3.21. The normalized spacial score (nSPS) is 18.6. The highest BCUT2D eigenvalue weighted by Gasteiger charge is 2.30. The van der Waals surface area contributed by atoms with Crippen molar-refractivity contribution < 1.29 is 17.9 Å². The number of morpholine rings is 1. The van der Waals surface area contributed by atoms with Crippen LogP contribution in [0.15, 0.2) is 52.3 Å². The third-order valence-electron chi connectivity index (χ3n) is 5.86. The van der Waals surface area contributed by atoms with Crippen molar-refractivity contribution in [2.45, 2.75) is 35.3 Å². The van der Waals surface area contributed by atoms with Crippen LogP contribution in [0.5, 0.6) is 0 Å². The Bertz CT molecular complexity index is 1060. The van der Waals surface area contributed by atoms with Gasteiger partial charge in [-0.1, -0.05) is 32.0 Å². The SMILES string of the molecule is CCN(CC)S(=O)(=O)c1ccc(N2CCOCC2)c(NC(=O)[C@H]2Cc3ccccc3S2)c1. The fourth-order valence-electron chi connectivity index (χ4n) is 4.11. The van der Waals surface area contributed by atoms with E-state index in [2.05, 4.69) is 10.2 Å². The summed E-state index contributed by atoms with van der Waals surface area (Å²) in [6.07, 6.45) is 0.664. The van der Waals surface area contributed by atoms with E-state index in [1.165, 1.54) is 9.87 Å². The lowest BCUT2D eigenvalue weighted by Gasteiger charge is -2.31. The number of carbonyl (C=O) groups is 1. The van der Waals surface area contributed by atoms with Crippen molar-refractivity contribution >= 4 is 39.1 Å². The molecule has 1 saturated heterocycles. The van der Waals surface area contributed by atoms with E-state index in [-0.39, 0.29) is 16.1 Å². The number of fused-ring (bicyclic) bond motifs is 1. The summed E-state index contributed by atoms with van der Waals surface area (Å²) >= 11 is 1.55. The maximum absolute atomic E-state index is 13.2. The Hall–Kier alpha value is -2.07. The van der Waals surface area contributed by atoms with Gasteiger partial charge in [0.2, 0.25) is 15.9 Å². The fraction of sp³-hybridized carbons (Fsp3) is 0.435. The van der Waals surface area contributed by atoms with Gasteiger partial charge in [-0.2, -0.15) is 4.31 Å². The molecule has 1 atom stereocenters. The summed E-state index contributed by atoms with van der Waals surface area (Å²) in [5.41, 5.74) is 2.52. The van der Waals surface area contributed by atoms with Gasteiger partial charge in [0.05, 0.1) is 34.7 Å². The van der Waals surface area contributed by atoms with E-state index in [0.717, 1.165) is 10.6 Å². The first-order valence-electron chi connectivity index (χ1n) is 11.0. The molecule has 2 aliphatic rings. The Balaban J connectivity index is 1.64. The minimum absolute atomic E-state index is 0.113. The van der Waals surface area contributed by atoms with Gasteiger partial charge >= 0.3 is 0 Å². The first kappa shape index (κ1) is 23.1. The number of benzene rings is 2. The van der Waals surface area contributed by atoms with Crippen LogP contribution in [0, 0.1) is 0 Å². The zero-order chi connectivity index (χ0) is 22.7. The Morgan fingerprint density at radius 2 is 1.88 bits per heavy atom. The second-order valence-electron chi connectivity index (χ2n) is 7.78. The van der Waals surface area contributed by atoms with Crippen molar-refractivity contribution in [3.05, 3.63) is 48.0 Å². The van der Waals surface area contributed by atoms with Gasteiger partial charge in [0, 0.05) is 31.1 Å². The lowest BCUT2D eigenvalue weighted by Crippen LogP contribution is -2.37. The summed E-state index contributed by atoms with van der Waals surface area (Å²) in [6, 6.07) is 13.1. The molecule has 0 aliphatic carbocycles. The molecular formula is C23H29N3O4S2. The van der Waals surface area contributed by atoms with Crippen molar-refractivity contribution in [2.24, 2.45) is 0 Å². The maximum Gasteiger partial charge on any atom is 0.243 e. The Morgan fingerprint density at radius 1 is 1.16 bits per heavy atom. The summed E-state index contributed by atoms with van der Waals surface area (Å²) in [5, 5.41) is 2.80. The van der Waals surface area contributed by atoms with E-state index >= 15 is 0 Å². The van der Waals surface area contributed by atoms with Gasteiger partial charge < -0.3 is 15.0 Å². The molecule has 1 N–H and O–H groups in total. The molecule has 0 spiro atoms. The Kier molecular flexibility index (Phi) is 7.09. The molecule has 0 radical (unpaired) electrons. The van der Waals surface area contributed by atoms with Gasteiger partial charge in [-0.15, -0.1) is 11.8 Å². The minimum Gasteiger partial charge on any atom is -0.378 e. The summed E-state index contributed by atoms with van der Waals surface area (Å²) in [5.74, 6) is -0.113. The topological polar surface area (TPSA) is 79.0 Å². The highest BCUT2D eigenvalue weighted by molar-refractivity contribution is 8.01.